The number of hydrogen-bond donors (Lipinski definition) is 2. The van der Waals surface area contributed by atoms with Crippen molar-refractivity contribution in [3.8, 4) is 0 Å². The van der Waals surface area contributed by atoms with E-state index < -0.39 is 0 Å². The fourth-order valence-electron chi connectivity index (χ4n) is 2.20. The van der Waals surface area contributed by atoms with Crippen molar-refractivity contribution in [2.24, 2.45) is 11.7 Å². The summed E-state index contributed by atoms with van der Waals surface area (Å²) in [4.78, 5) is 14.1. The van der Waals surface area contributed by atoms with Gasteiger partial charge in [0.15, 0.2) is 0 Å². The number of nitrogens with zero attached hydrogens (tertiary/aromatic N) is 1. The number of carbonyl (C=O) groups is 1. The van der Waals surface area contributed by atoms with E-state index in [9.17, 15) is 4.79 Å². The lowest BCUT2D eigenvalue weighted by Crippen LogP contribution is -2.50. The van der Waals surface area contributed by atoms with Gasteiger partial charge in [-0.3, -0.25) is 9.69 Å². The molecule has 94 valence electrons. The summed E-state index contributed by atoms with van der Waals surface area (Å²) in [6.07, 6.45) is 3.35. The number of amides is 1. The fourth-order valence-corrected chi connectivity index (χ4v) is 2.20. The van der Waals surface area contributed by atoms with Crippen molar-refractivity contribution in [3.05, 3.63) is 0 Å². The number of hydrogen-bond acceptors (Lipinski definition) is 3. The van der Waals surface area contributed by atoms with E-state index in [0.29, 0.717) is 5.92 Å². The molecule has 0 radical (unpaired) electrons. The van der Waals surface area contributed by atoms with Crippen molar-refractivity contribution >= 4 is 5.91 Å². The highest BCUT2D eigenvalue weighted by atomic mass is 16.2. The summed E-state index contributed by atoms with van der Waals surface area (Å²) >= 11 is 0. The Hall–Kier alpha value is -0.610. The first-order chi connectivity index (χ1) is 7.69. The third-order valence-corrected chi connectivity index (χ3v) is 3.36. The molecule has 3 N–H and O–H groups in total. The molecular formula is C12H25N3O. The Morgan fingerprint density at radius 2 is 2.38 bits per heavy atom. The summed E-state index contributed by atoms with van der Waals surface area (Å²) in [7, 11) is 0. The van der Waals surface area contributed by atoms with Gasteiger partial charge in [0.05, 0.1) is 6.04 Å². The maximum Gasteiger partial charge on any atom is 0.237 e. The zero-order valence-corrected chi connectivity index (χ0v) is 10.5. The van der Waals surface area contributed by atoms with Crippen LogP contribution in [0, 0.1) is 5.92 Å². The molecule has 0 aromatic heterocycles. The van der Waals surface area contributed by atoms with Gasteiger partial charge in [0.1, 0.15) is 0 Å². The van der Waals surface area contributed by atoms with Crippen molar-refractivity contribution in [1.29, 1.82) is 0 Å². The standard InChI is InChI=1S/C12H25N3O/c1-3-6-14-12(16)10(2)15-7-4-5-11(8-13)9-15/h10-11H,3-9,13H2,1-2H3,(H,14,16). The molecule has 1 amide bonds. The van der Waals surface area contributed by atoms with E-state index in [-0.39, 0.29) is 11.9 Å². The molecule has 1 heterocycles. The Balaban J connectivity index is 2.39. The Bertz CT molecular complexity index is 220. The lowest BCUT2D eigenvalue weighted by molar-refractivity contribution is -0.126. The molecular weight excluding hydrogens is 202 g/mol. The van der Waals surface area contributed by atoms with Crippen LogP contribution in [0.2, 0.25) is 0 Å². The number of nitrogens with two attached hydrogens (primary N) is 1. The predicted octanol–water partition coefficient (Wildman–Crippen LogP) is 0.572. The molecule has 2 unspecified atom stereocenters. The average Bonchev–Trinajstić information content (AvgIpc) is 2.35. The minimum Gasteiger partial charge on any atom is -0.355 e. The second kappa shape index (κ2) is 6.86. The molecule has 4 nitrogen and oxygen atoms in total. The molecule has 0 bridgehead atoms. The zero-order chi connectivity index (χ0) is 12.0. The summed E-state index contributed by atoms with van der Waals surface area (Å²) < 4.78 is 0. The van der Waals surface area contributed by atoms with Gasteiger partial charge >= 0.3 is 0 Å². The van der Waals surface area contributed by atoms with Crippen LogP contribution in [-0.4, -0.2) is 43.0 Å². The predicted molar refractivity (Wildman–Crippen MR) is 66.1 cm³/mol. The summed E-state index contributed by atoms with van der Waals surface area (Å²) in [6, 6.07) is -0.0131. The Labute approximate surface area is 98.6 Å². The third kappa shape index (κ3) is 3.76. The molecule has 1 rings (SSSR count). The van der Waals surface area contributed by atoms with Crippen LogP contribution in [0.5, 0.6) is 0 Å². The third-order valence-electron chi connectivity index (χ3n) is 3.36. The van der Waals surface area contributed by atoms with Gasteiger partial charge in [-0.05, 0) is 45.2 Å². The highest BCUT2D eigenvalue weighted by Crippen LogP contribution is 2.17. The van der Waals surface area contributed by atoms with Crippen LogP contribution >= 0.6 is 0 Å². The quantitative estimate of drug-likeness (QED) is 0.722. The number of piperidine rings is 1. The highest BCUT2D eigenvalue weighted by molar-refractivity contribution is 5.81. The number of likely N-dealkylation sites (tertiary alicyclic amines) is 1. The Morgan fingerprint density at radius 3 is 3.00 bits per heavy atom. The highest BCUT2D eigenvalue weighted by Gasteiger charge is 2.26. The number of carbonyl (C=O) groups excluding carboxylic acids is 1. The minimum atomic E-state index is -0.0131. The summed E-state index contributed by atoms with van der Waals surface area (Å²) in [5.41, 5.74) is 5.69. The first-order valence-corrected chi connectivity index (χ1v) is 6.40. The molecule has 1 aliphatic heterocycles. The van der Waals surface area contributed by atoms with E-state index in [1.807, 2.05) is 6.92 Å². The minimum absolute atomic E-state index is 0.0131. The topological polar surface area (TPSA) is 58.4 Å². The van der Waals surface area contributed by atoms with E-state index in [1.165, 1.54) is 6.42 Å². The van der Waals surface area contributed by atoms with Crippen molar-refractivity contribution in [3.63, 3.8) is 0 Å². The zero-order valence-electron chi connectivity index (χ0n) is 10.5. The van der Waals surface area contributed by atoms with Crippen LogP contribution in [-0.2, 0) is 4.79 Å². The molecule has 0 saturated carbocycles. The van der Waals surface area contributed by atoms with Crippen molar-refractivity contribution in [1.82, 2.24) is 10.2 Å². The molecule has 1 fully saturated rings. The SMILES string of the molecule is CCCNC(=O)C(C)N1CCCC(CN)C1. The van der Waals surface area contributed by atoms with Crippen molar-refractivity contribution < 1.29 is 4.79 Å². The van der Waals surface area contributed by atoms with E-state index >= 15 is 0 Å². The second-order valence-corrected chi connectivity index (χ2v) is 4.71. The van der Waals surface area contributed by atoms with E-state index in [0.717, 1.165) is 39.0 Å². The van der Waals surface area contributed by atoms with Gasteiger partial charge in [-0.15, -0.1) is 0 Å². The summed E-state index contributed by atoms with van der Waals surface area (Å²) in [5.74, 6) is 0.717. The summed E-state index contributed by atoms with van der Waals surface area (Å²) in [5, 5.41) is 2.95. The van der Waals surface area contributed by atoms with E-state index in [1.54, 1.807) is 0 Å². The first-order valence-electron chi connectivity index (χ1n) is 6.40. The lowest BCUT2D eigenvalue weighted by Gasteiger charge is -2.35. The molecule has 16 heavy (non-hydrogen) atoms. The monoisotopic (exact) mass is 227 g/mol. The van der Waals surface area contributed by atoms with Crippen LogP contribution in [0.3, 0.4) is 0 Å². The van der Waals surface area contributed by atoms with Gasteiger partial charge in [0, 0.05) is 13.1 Å². The normalized spacial score (nSPS) is 24.1. The van der Waals surface area contributed by atoms with E-state index in [4.69, 9.17) is 5.73 Å². The van der Waals surface area contributed by atoms with Crippen LogP contribution in [0.25, 0.3) is 0 Å². The fraction of sp³-hybridized carbons (Fsp3) is 0.917. The Kier molecular flexibility index (Phi) is 5.77. The Morgan fingerprint density at radius 1 is 1.62 bits per heavy atom. The molecule has 1 saturated heterocycles. The number of rotatable bonds is 5. The van der Waals surface area contributed by atoms with Crippen LogP contribution < -0.4 is 11.1 Å². The molecule has 2 atom stereocenters. The van der Waals surface area contributed by atoms with Gasteiger partial charge < -0.3 is 11.1 Å². The molecule has 0 aromatic carbocycles. The average molecular weight is 227 g/mol. The van der Waals surface area contributed by atoms with Crippen LogP contribution in [0.4, 0.5) is 0 Å². The van der Waals surface area contributed by atoms with Gasteiger partial charge in [-0.25, -0.2) is 0 Å². The largest absolute Gasteiger partial charge is 0.355 e. The molecule has 4 heteroatoms. The van der Waals surface area contributed by atoms with Gasteiger partial charge in [-0.2, -0.15) is 0 Å². The maximum atomic E-state index is 11.8. The van der Waals surface area contributed by atoms with Gasteiger partial charge in [-0.1, -0.05) is 6.92 Å². The van der Waals surface area contributed by atoms with E-state index in [2.05, 4.69) is 17.1 Å². The number of nitrogens with one attached hydrogen (secondary N) is 1. The molecule has 0 aliphatic carbocycles. The van der Waals surface area contributed by atoms with Crippen LogP contribution in [0.15, 0.2) is 0 Å². The van der Waals surface area contributed by atoms with Crippen molar-refractivity contribution in [2.75, 3.05) is 26.2 Å². The van der Waals surface area contributed by atoms with Crippen LogP contribution in [0.1, 0.15) is 33.1 Å². The second-order valence-electron chi connectivity index (χ2n) is 4.71. The smallest absolute Gasteiger partial charge is 0.237 e. The molecule has 0 spiro atoms. The lowest BCUT2D eigenvalue weighted by atomic mass is 9.97. The first kappa shape index (κ1) is 13.5. The van der Waals surface area contributed by atoms with Gasteiger partial charge in [0.2, 0.25) is 5.91 Å². The maximum absolute atomic E-state index is 11.8. The molecule has 1 aliphatic rings. The molecule has 0 aromatic rings. The van der Waals surface area contributed by atoms with Gasteiger partial charge in [0.25, 0.3) is 0 Å². The van der Waals surface area contributed by atoms with Crippen molar-refractivity contribution in [2.45, 2.75) is 39.2 Å². The summed E-state index contributed by atoms with van der Waals surface area (Å²) in [6.45, 7) is 7.56.